The zero-order valence-electron chi connectivity index (χ0n) is 8.20. The topological polar surface area (TPSA) is 30.7 Å². The Morgan fingerprint density at radius 1 is 1.46 bits per heavy atom. The number of hydrogen-bond acceptors (Lipinski definition) is 2. The Morgan fingerprint density at radius 2 is 2.23 bits per heavy atom. The highest BCUT2D eigenvalue weighted by molar-refractivity contribution is 5.72. The smallest absolute Gasteiger partial charge is 0.177 e. The maximum atomic E-state index is 4.34. The van der Waals surface area contributed by atoms with Crippen molar-refractivity contribution in [2.75, 3.05) is 0 Å². The lowest BCUT2D eigenvalue weighted by Gasteiger charge is -1.98. The van der Waals surface area contributed by atoms with Crippen molar-refractivity contribution in [3.05, 3.63) is 23.7 Å². The monoisotopic (exact) mass is 175 g/mol. The largest absolute Gasteiger partial charge is 0.330 e. The Balaban J connectivity index is 2.75. The maximum absolute atomic E-state index is 4.34. The van der Waals surface area contributed by atoms with E-state index in [4.69, 9.17) is 0 Å². The first-order chi connectivity index (χ1) is 6.22. The van der Waals surface area contributed by atoms with E-state index >= 15 is 0 Å². The zero-order valence-corrected chi connectivity index (χ0v) is 8.20. The molecule has 0 saturated carbocycles. The van der Waals surface area contributed by atoms with Crippen LogP contribution in [0.3, 0.4) is 0 Å². The molecule has 0 spiro atoms. The molecule has 0 aromatic carbocycles. The molecule has 2 rings (SSSR count). The number of aromatic nitrogens is 3. The predicted octanol–water partition coefficient (Wildman–Crippen LogP) is 1.84. The Bertz CT molecular complexity index is 443. The average Bonchev–Trinajstić information content (AvgIpc) is 2.43. The number of hydrogen-bond donors (Lipinski definition) is 0. The van der Waals surface area contributed by atoms with Gasteiger partial charge in [-0.3, -0.25) is 0 Å². The molecule has 0 aliphatic carbocycles. The van der Waals surface area contributed by atoms with Crippen LogP contribution < -0.4 is 0 Å². The fourth-order valence-electron chi connectivity index (χ4n) is 1.42. The summed E-state index contributed by atoms with van der Waals surface area (Å²) in [6.07, 6.45) is 2.92. The second kappa shape index (κ2) is 2.83. The Hall–Kier alpha value is -1.38. The highest BCUT2D eigenvalue weighted by atomic mass is 15.1. The van der Waals surface area contributed by atoms with Crippen LogP contribution in [0.2, 0.25) is 0 Å². The van der Waals surface area contributed by atoms with Crippen molar-refractivity contribution in [2.45, 2.75) is 20.3 Å². The van der Waals surface area contributed by atoms with Gasteiger partial charge in [-0.1, -0.05) is 6.92 Å². The molecule has 68 valence electrons. The molecule has 2 aromatic rings. The van der Waals surface area contributed by atoms with Gasteiger partial charge in [0.1, 0.15) is 5.82 Å². The van der Waals surface area contributed by atoms with E-state index in [1.165, 1.54) is 5.56 Å². The minimum Gasteiger partial charge on any atom is -0.330 e. The van der Waals surface area contributed by atoms with Crippen LogP contribution in [0.4, 0.5) is 0 Å². The summed E-state index contributed by atoms with van der Waals surface area (Å²) >= 11 is 0. The van der Waals surface area contributed by atoms with Crippen LogP contribution in [-0.2, 0) is 13.5 Å². The predicted molar refractivity (Wildman–Crippen MR) is 52.6 cm³/mol. The molecule has 3 heteroatoms. The summed E-state index contributed by atoms with van der Waals surface area (Å²) in [5.74, 6) is 1.01. The fraction of sp³-hybridized carbons (Fsp3) is 0.400. The summed E-state index contributed by atoms with van der Waals surface area (Å²) in [7, 11) is 2.02. The summed E-state index contributed by atoms with van der Waals surface area (Å²) in [5.41, 5.74) is 3.23. The third kappa shape index (κ3) is 1.20. The zero-order chi connectivity index (χ0) is 9.42. The van der Waals surface area contributed by atoms with Crippen molar-refractivity contribution >= 4 is 11.2 Å². The normalized spacial score (nSPS) is 11.0. The van der Waals surface area contributed by atoms with Crippen molar-refractivity contribution in [1.82, 2.24) is 14.5 Å². The van der Waals surface area contributed by atoms with Crippen LogP contribution in [0.25, 0.3) is 11.2 Å². The summed E-state index contributed by atoms with van der Waals surface area (Å²) in [4.78, 5) is 8.64. The molecule has 0 unspecified atom stereocenters. The van der Waals surface area contributed by atoms with Gasteiger partial charge in [0.25, 0.3) is 0 Å². The molecule has 0 atom stereocenters. The van der Waals surface area contributed by atoms with Crippen LogP contribution in [-0.4, -0.2) is 14.5 Å². The lowest BCUT2D eigenvalue weighted by Crippen LogP contribution is -1.91. The second-order valence-corrected chi connectivity index (χ2v) is 3.26. The van der Waals surface area contributed by atoms with E-state index in [1.807, 2.05) is 20.2 Å². The van der Waals surface area contributed by atoms with E-state index in [-0.39, 0.29) is 0 Å². The third-order valence-electron chi connectivity index (χ3n) is 2.43. The van der Waals surface area contributed by atoms with Gasteiger partial charge >= 0.3 is 0 Å². The summed E-state index contributed by atoms with van der Waals surface area (Å²) in [6.45, 7) is 4.12. The van der Waals surface area contributed by atoms with Crippen molar-refractivity contribution in [3.63, 3.8) is 0 Å². The molecule has 0 aliphatic rings. The molecule has 13 heavy (non-hydrogen) atoms. The van der Waals surface area contributed by atoms with E-state index in [9.17, 15) is 0 Å². The van der Waals surface area contributed by atoms with E-state index in [0.29, 0.717) is 0 Å². The van der Waals surface area contributed by atoms with Gasteiger partial charge in [-0.2, -0.15) is 0 Å². The average molecular weight is 175 g/mol. The first-order valence-electron chi connectivity index (χ1n) is 4.50. The van der Waals surface area contributed by atoms with Crippen molar-refractivity contribution in [2.24, 2.45) is 7.05 Å². The first kappa shape index (κ1) is 8.23. The minimum absolute atomic E-state index is 0.845. The molecule has 0 amide bonds. The minimum atomic E-state index is 0.845. The number of imidazole rings is 1. The van der Waals surface area contributed by atoms with E-state index in [0.717, 1.165) is 23.4 Å². The second-order valence-electron chi connectivity index (χ2n) is 3.26. The standard InChI is InChI=1S/C10H13N3/c1-4-8-5-9-10(11-6-8)12-7(2)13(9)3/h5-6H,4H2,1-3H3. The molecule has 0 bridgehead atoms. The highest BCUT2D eigenvalue weighted by Gasteiger charge is 2.04. The van der Waals surface area contributed by atoms with Gasteiger partial charge in [0.15, 0.2) is 5.65 Å². The van der Waals surface area contributed by atoms with Gasteiger partial charge in [0.05, 0.1) is 5.52 Å². The van der Waals surface area contributed by atoms with Crippen LogP contribution in [0.15, 0.2) is 12.3 Å². The Morgan fingerprint density at radius 3 is 2.92 bits per heavy atom. The molecule has 3 nitrogen and oxygen atoms in total. The Labute approximate surface area is 77.4 Å². The number of nitrogens with zero attached hydrogens (tertiary/aromatic N) is 3. The lowest BCUT2D eigenvalue weighted by molar-refractivity contribution is 0.885. The maximum Gasteiger partial charge on any atom is 0.177 e. The van der Waals surface area contributed by atoms with Crippen LogP contribution in [0.1, 0.15) is 18.3 Å². The van der Waals surface area contributed by atoms with Gasteiger partial charge < -0.3 is 4.57 Å². The van der Waals surface area contributed by atoms with Crippen LogP contribution >= 0.6 is 0 Å². The van der Waals surface area contributed by atoms with Gasteiger partial charge in [0, 0.05) is 13.2 Å². The quantitative estimate of drug-likeness (QED) is 0.662. The summed E-state index contributed by atoms with van der Waals surface area (Å²) < 4.78 is 2.07. The number of fused-ring (bicyclic) bond motifs is 1. The lowest BCUT2D eigenvalue weighted by atomic mass is 10.2. The van der Waals surface area contributed by atoms with Crippen molar-refractivity contribution in [1.29, 1.82) is 0 Å². The SMILES string of the molecule is CCc1cnc2nc(C)n(C)c2c1. The van der Waals surface area contributed by atoms with Gasteiger partial charge in [-0.25, -0.2) is 9.97 Å². The number of rotatable bonds is 1. The molecule has 2 aromatic heterocycles. The third-order valence-corrected chi connectivity index (χ3v) is 2.43. The molecular weight excluding hydrogens is 162 g/mol. The number of aryl methyl sites for hydroxylation is 3. The fourth-order valence-corrected chi connectivity index (χ4v) is 1.42. The van der Waals surface area contributed by atoms with E-state index in [1.54, 1.807) is 0 Å². The molecule has 0 N–H and O–H groups in total. The summed E-state index contributed by atoms with van der Waals surface area (Å²) in [5, 5.41) is 0. The van der Waals surface area contributed by atoms with E-state index in [2.05, 4.69) is 27.5 Å². The van der Waals surface area contributed by atoms with Crippen LogP contribution in [0, 0.1) is 6.92 Å². The van der Waals surface area contributed by atoms with Gasteiger partial charge in [-0.15, -0.1) is 0 Å². The van der Waals surface area contributed by atoms with Crippen molar-refractivity contribution in [3.8, 4) is 0 Å². The number of pyridine rings is 1. The molecule has 0 saturated heterocycles. The summed E-state index contributed by atoms with van der Waals surface area (Å²) in [6, 6.07) is 2.16. The van der Waals surface area contributed by atoms with Gasteiger partial charge in [0.2, 0.25) is 0 Å². The highest BCUT2D eigenvalue weighted by Crippen LogP contribution is 2.13. The molecule has 0 aliphatic heterocycles. The first-order valence-corrected chi connectivity index (χ1v) is 4.50. The molecule has 2 heterocycles. The molecular formula is C10H13N3. The van der Waals surface area contributed by atoms with Gasteiger partial charge in [-0.05, 0) is 25.0 Å². The molecule has 0 fully saturated rings. The van der Waals surface area contributed by atoms with Crippen molar-refractivity contribution < 1.29 is 0 Å². The van der Waals surface area contributed by atoms with E-state index < -0.39 is 0 Å². The Kier molecular flexibility index (Phi) is 1.79. The van der Waals surface area contributed by atoms with Crippen LogP contribution in [0.5, 0.6) is 0 Å². The molecule has 0 radical (unpaired) electrons.